The number of benzene rings is 2. The number of carbonyl (C=O) groups is 1. The fourth-order valence-electron chi connectivity index (χ4n) is 3.22. The van der Waals surface area contributed by atoms with Crippen LogP contribution < -0.4 is 4.74 Å². The zero-order chi connectivity index (χ0) is 19.3. The molecule has 3 rings (SSSR count). The van der Waals surface area contributed by atoms with Crippen LogP contribution in [0.4, 0.5) is 0 Å². The highest BCUT2D eigenvalue weighted by atomic mass is 16.7. The molecule has 2 aromatic carbocycles. The molecule has 1 heterocycles. The lowest BCUT2D eigenvalue weighted by Crippen LogP contribution is -2.37. The summed E-state index contributed by atoms with van der Waals surface area (Å²) in [6.07, 6.45) is 4.63. The summed E-state index contributed by atoms with van der Waals surface area (Å²) in [4.78, 5) is 18.2. The molecule has 0 aliphatic carbocycles. The van der Waals surface area contributed by atoms with E-state index in [1.54, 1.807) is 14.0 Å². The van der Waals surface area contributed by atoms with Gasteiger partial charge >= 0.3 is 5.97 Å². The van der Waals surface area contributed by atoms with Crippen LogP contribution in [-0.4, -0.2) is 36.9 Å². The Hall–Kier alpha value is -2.63. The van der Waals surface area contributed by atoms with Gasteiger partial charge in [-0.3, -0.25) is 4.84 Å². The van der Waals surface area contributed by atoms with Gasteiger partial charge in [-0.05, 0) is 30.2 Å². The van der Waals surface area contributed by atoms with Gasteiger partial charge in [0, 0.05) is 13.0 Å². The van der Waals surface area contributed by atoms with Crippen LogP contribution >= 0.6 is 0 Å². The number of hydrogen-bond acceptors (Lipinski definition) is 5. The molecule has 0 bridgehead atoms. The van der Waals surface area contributed by atoms with E-state index in [1.165, 1.54) is 7.11 Å². The molecule has 1 aliphatic heterocycles. The number of ether oxygens (including phenoxy) is 2. The molecular formula is C22H25NO4. The Balaban J connectivity index is 1.79. The third-order valence-electron chi connectivity index (χ3n) is 4.71. The van der Waals surface area contributed by atoms with Crippen molar-refractivity contribution in [3.8, 4) is 5.75 Å². The highest BCUT2D eigenvalue weighted by Crippen LogP contribution is 2.34. The number of carbonyl (C=O) groups excluding carboxylic acids is 1. The molecule has 27 heavy (non-hydrogen) atoms. The normalized spacial score (nSPS) is 22.9. The van der Waals surface area contributed by atoms with Gasteiger partial charge in [0.2, 0.25) is 0 Å². The Morgan fingerprint density at radius 1 is 1.19 bits per heavy atom. The number of hydrogen-bond donors (Lipinski definition) is 0. The minimum Gasteiger partial charge on any atom is -0.497 e. The standard InChI is InChI=1S/C22H25NO4/c1-22(21(24)26-3)15-19(12-9-17-10-13-20(25-2)14-11-17)23(27-22)16-18-7-5-4-6-8-18/h4-14,19H,15-16H2,1-3H3/b12-9+/t19-,22-/m0/s1. The molecule has 2 aromatic rings. The minimum atomic E-state index is -0.988. The topological polar surface area (TPSA) is 48.0 Å². The summed E-state index contributed by atoms with van der Waals surface area (Å²) in [7, 11) is 3.04. The first-order chi connectivity index (χ1) is 13.0. The van der Waals surface area contributed by atoms with Crippen molar-refractivity contribution in [2.45, 2.75) is 31.5 Å². The second kappa shape index (κ2) is 8.37. The van der Waals surface area contributed by atoms with Gasteiger partial charge in [0.15, 0.2) is 5.60 Å². The first-order valence-corrected chi connectivity index (χ1v) is 8.94. The fraction of sp³-hybridized carbons (Fsp3) is 0.318. The largest absolute Gasteiger partial charge is 0.497 e. The first-order valence-electron chi connectivity index (χ1n) is 8.94. The number of nitrogens with zero attached hydrogens (tertiary/aromatic N) is 1. The Bertz CT molecular complexity index is 788. The second-order valence-electron chi connectivity index (χ2n) is 6.78. The molecule has 0 saturated carbocycles. The number of hydroxylamine groups is 2. The quantitative estimate of drug-likeness (QED) is 0.726. The molecule has 0 unspecified atom stereocenters. The molecule has 0 N–H and O–H groups in total. The molecular weight excluding hydrogens is 342 g/mol. The lowest BCUT2D eigenvalue weighted by atomic mass is 9.97. The molecule has 5 nitrogen and oxygen atoms in total. The first kappa shape index (κ1) is 19.1. The van der Waals surface area contributed by atoms with E-state index in [2.05, 4.69) is 6.08 Å². The van der Waals surface area contributed by atoms with E-state index in [4.69, 9.17) is 14.3 Å². The van der Waals surface area contributed by atoms with E-state index < -0.39 is 5.60 Å². The monoisotopic (exact) mass is 367 g/mol. The maximum Gasteiger partial charge on any atom is 0.340 e. The van der Waals surface area contributed by atoms with Crippen LogP contribution in [0.2, 0.25) is 0 Å². The number of esters is 1. The van der Waals surface area contributed by atoms with Crippen LogP contribution in [0.5, 0.6) is 5.75 Å². The Morgan fingerprint density at radius 2 is 1.89 bits per heavy atom. The van der Waals surface area contributed by atoms with Crippen LogP contribution in [0.25, 0.3) is 6.08 Å². The van der Waals surface area contributed by atoms with E-state index in [9.17, 15) is 4.79 Å². The molecule has 1 saturated heterocycles. The van der Waals surface area contributed by atoms with Crippen molar-refractivity contribution in [1.82, 2.24) is 5.06 Å². The third-order valence-corrected chi connectivity index (χ3v) is 4.71. The van der Waals surface area contributed by atoms with Gasteiger partial charge in [-0.1, -0.05) is 54.6 Å². The van der Waals surface area contributed by atoms with E-state index in [0.717, 1.165) is 16.9 Å². The van der Waals surface area contributed by atoms with E-state index in [0.29, 0.717) is 13.0 Å². The summed E-state index contributed by atoms with van der Waals surface area (Å²) in [5.74, 6) is 0.459. The molecule has 2 atom stereocenters. The van der Waals surface area contributed by atoms with Crippen molar-refractivity contribution in [1.29, 1.82) is 0 Å². The number of rotatable bonds is 6. The van der Waals surface area contributed by atoms with Crippen LogP contribution in [0.15, 0.2) is 60.7 Å². The van der Waals surface area contributed by atoms with Crippen LogP contribution in [-0.2, 0) is 20.9 Å². The van der Waals surface area contributed by atoms with Gasteiger partial charge in [-0.25, -0.2) is 4.79 Å². The minimum absolute atomic E-state index is 0.0450. The third kappa shape index (κ3) is 4.56. The summed E-state index contributed by atoms with van der Waals surface area (Å²) in [5.41, 5.74) is 1.19. The highest BCUT2D eigenvalue weighted by molar-refractivity contribution is 5.79. The lowest BCUT2D eigenvalue weighted by Gasteiger charge is -2.23. The summed E-state index contributed by atoms with van der Waals surface area (Å²) in [6, 6.07) is 17.8. The van der Waals surface area contributed by atoms with Gasteiger partial charge in [-0.15, -0.1) is 0 Å². The molecule has 1 fully saturated rings. The predicted octanol–water partition coefficient (Wildman–Crippen LogP) is 3.85. The van der Waals surface area contributed by atoms with Gasteiger partial charge in [-0.2, -0.15) is 5.06 Å². The van der Waals surface area contributed by atoms with Crippen molar-refractivity contribution in [3.63, 3.8) is 0 Å². The Labute approximate surface area is 160 Å². The predicted molar refractivity (Wildman–Crippen MR) is 104 cm³/mol. The van der Waals surface area contributed by atoms with Crippen molar-refractivity contribution >= 4 is 12.0 Å². The Morgan fingerprint density at radius 3 is 2.52 bits per heavy atom. The maximum absolute atomic E-state index is 12.2. The fourth-order valence-corrected chi connectivity index (χ4v) is 3.22. The zero-order valence-electron chi connectivity index (χ0n) is 15.9. The number of methoxy groups -OCH3 is 2. The lowest BCUT2D eigenvalue weighted by molar-refractivity contribution is -0.215. The van der Waals surface area contributed by atoms with Crippen molar-refractivity contribution in [3.05, 3.63) is 71.8 Å². The van der Waals surface area contributed by atoms with Gasteiger partial charge in [0.1, 0.15) is 5.75 Å². The van der Waals surface area contributed by atoms with Gasteiger partial charge < -0.3 is 9.47 Å². The maximum atomic E-state index is 12.2. The van der Waals surface area contributed by atoms with E-state index >= 15 is 0 Å². The average molecular weight is 367 g/mol. The SMILES string of the molecule is COC(=O)[C@]1(C)C[C@H](/C=C/c2ccc(OC)cc2)N(Cc2ccccc2)O1. The van der Waals surface area contributed by atoms with Crippen LogP contribution in [0.1, 0.15) is 24.5 Å². The molecule has 0 amide bonds. The molecule has 1 aliphatic rings. The van der Waals surface area contributed by atoms with Crippen LogP contribution in [0, 0.1) is 0 Å². The molecule has 0 aromatic heterocycles. The smallest absolute Gasteiger partial charge is 0.340 e. The highest BCUT2D eigenvalue weighted by Gasteiger charge is 2.47. The molecule has 0 spiro atoms. The van der Waals surface area contributed by atoms with Crippen molar-refractivity contribution < 1.29 is 19.1 Å². The summed E-state index contributed by atoms with van der Waals surface area (Å²) < 4.78 is 10.1. The second-order valence-corrected chi connectivity index (χ2v) is 6.78. The molecule has 0 radical (unpaired) electrons. The summed E-state index contributed by atoms with van der Waals surface area (Å²) in [6.45, 7) is 2.36. The molecule has 142 valence electrons. The van der Waals surface area contributed by atoms with Gasteiger partial charge in [0.05, 0.1) is 20.3 Å². The van der Waals surface area contributed by atoms with E-state index in [1.807, 2.05) is 65.7 Å². The summed E-state index contributed by atoms with van der Waals surface area (Å²) >= 11 is 0. The van der Waals surface area contributed by atoms with E-state index in [-0.39, 0.29) is 12.0 Å². The average Bonchev–Trinajstić information content (AvgIpc) is 3.03. The summed E-state index contributed by atoms with van der Waals surface area (Å²) in [5, 5.41) is 1.85. The molecule has 5 heteroatoms. The van der Waals surface area contributed by atoms with Crippen molar-refractivity contribution in [2.75, 3.05) is 14.2 Å². The van der Waals surface area contributed by atoms with Crippen molar-refractivity contribution in [2.24, 2.45) is 0 Å². The zero-order valence-corrected chi connectivity index (χ0v) is 15.9. The van der Waals surface area contributed by atoms with Gasteiger partial charge in [0.25, 0.3) is 0 Å². The Kier molecular flexibility index (Phi) is 5.94. The van der Waals surface area contributed by atoms with Crippen LogP contribution in [0.3, 0.4) is 0 Å².